The molecule has 0 saturated heterocycles. The molecule has 80 valence electrons. The summed E-state index contributed by atoms with van der Waals surface area (Å²) in [5, 5.41) is 4.75. The number of aldehydes is 1. The number of rotatable bonds is 7. The minimum absolute atomic E-state index is 0.0540. The van der Waals surface area contributed by atoms with Crippen molar-refractivity contribution in [3.63, 3.8) is 0 Å². The van der Waals surface area contributed by atoms with Gasteiger partial charge in [0.25, 0.3) is 0 Å². The summed E-state index contributed by atoms with van der Waals surface area (Å²) < 4.78 is 4.71. The first-order valence-electron chi connectivity index (χ1n) is 4.05. The molecule has 0 aromatic heterocycles. The third-order valence-corrected chi connectivity index (χ3v) is 1.51. The lowest BCUT2D eigenvalue weighted by atomic mass is 10.1. The van der Waals surface area contributed by atoms with E-state index in [4.69, 9.17) is 4.74 Å². The average molecular weight is 202 g/mol. The van der Waals surface area contributed by atoms with Gasteiger partial charge in [-0.3, -0.25) is 9.59 Å². The lowest BCUT2D eigenvalue weighted by Crippen LogP contribution is -2.52. The summed E-state index contributed by atoms with van der Waals surface area (Å²) in [7, 11) is 0. The highest BCUT2D eigenvalue weighted by Crippen LogP contribution is 1.99. The van der Waals surface area contributed by atoms with Crippen LogP contribution in [0.4, 0.5) is 0 Å². The molecule has 0 heterocycles. The van der Waals surface area contributed by atoms with Gasteiger partial charge in [-0.05, 0) is 13.8 Å². The van der Waals surface area contributed by atoms with E-state index in [9.17, 15) is 14.4 Å². The van der Waals surface area contributed by atoms with Gasteiger partial charge in [0.05, 0.1) is 0 Å². The molecule has 0 saturated carbocycles. The average Bonchev–Trinajstić information content (AvgIpc) is 2.12. The van der Waals surface area contributed by atoms with Crippen molar-refractivity contribution in [2.24, 2.45) is 0 Å². The second-order valence-electron chi connectivity index (χ2n) is 3.07. The fourth-order valence-electron chi connectivity index (χ4n) is 0.657. The third-order valence-electron chi connectivity index (χ3n) is 1.51. The monoisotopic (exact) mass is 202 g/mol. The number of hydrogen-bond donors (Lipinski definition) is 2. The van der Waals surface area contributed by atoms with Crippen molar-refractivity contribution in [2.75, 3.05) is 13.3 Å². The van der Waals surface area contributed by atoms with Crippen LogP contribution in [0.1, 0.15) is 13.8 Å². The largest absolute Gasteiger partial charge is 0.354 e. The Labute approximate surface area is 82.0 Å². The number of carbonyl (C=O) groups excluding carboxylic acids is 3. The molecule has 0 unspecified atom stereocenters. The van der Waals surface area contributed by atoms with Gasteiger partial charge in [0.15, 0.2) is 0 Å². The summed E-state index contributed by atoms with van der Waals surface area (Å²) in [4.78, 5) is 31.3. The SMILES string of the molecule is CC(C)(NC=O)C(=O)NCOCC=O. The summed E-state index contributed by atoms with van der Waals surface area (Å²) in [6, 6.07) is 0. The van der Waals surface area contributed by atoms with Crippen LogP contribution in [0.2, 0.25) is 0 Å². The highest BCUT2D eigenvalue weighted by Gasteiger charge is 2.25. The molecule has 6 nitrogen and oxygen atoms in total. The third kappa shape index (κ3) is 4.56. The van der Waals surface area contributed by atoms with E-state index in [0.717, 1.165) is 0 Å². The van der Waals surface area contributed by atoms with Crippen molar-refractivity contribution in [1.82, 2.24) is 10.6 Å². The van der Waals surface area contributed by atoms with E-state index in [1.54, 1.807) is 13.8 Å². The second kappa shape index (κ2) is 6.09. The van der Waals surface area contributed by atoms with Gasteiger partial charge in [-0.15, -0.1) is 0 Å². The van der Waals surface area contributed by atoms with Crippen molar-refractivity contribution in [3.8, 4) is 0 Å². The molecule has 0 aliphatic heterocycles. The van der Waals surface area contributed by atoms with Gasteiger partial charge in [-0.2, -0.15) is 0 Å². The zero-order chi connectivity index (χ0) is 11.0. The van der Waals surface area contributed by atoms with Crippen LogP contribution in [0, 0.1) is 0 Å². The first kappa shape index (κ1) is 12.6. The normalized spacial score (nSPS) is 10.4. The molecule has 0 aromatic rings. The molecule has 0 radical (unpaired) electrons. The summed E-state index contributed by atoms with van der Waals surface area (Å²) in [6.07, 6.45) is 1.03. The molecule has 2 N–H and O–H groups in total. The molecule has 0 atom stereocenters. The van der Waals surface area contributed by atoms with E-state index in [0.29, 0.717) is 12.7 Å². The molecule has 0 rings (SSSR count). The Morgan fingerprint density at radius 1 is 1.43 bits per heavy atom. The maximum Gasteiger partial charge on any atom is 0.246 e. The van der Waals surface area contributed by atoms with Gasteiger partial charge in [0, 0.05) is 0 Å². The van der Waals surface area contributed by atoms with Crippen LogP contribution in [0.15, 0.2) is 0 Å². The molecule has 2 amide bonds. The number of amides is 2. The van der Waals surface area contributed by atoms with Crippen LogP contribution in [-0.2, 0) is 19.1 Å². The van der Waals surface area contributed by atoms with Gasteiger partial charge >= 0.3 is 0 Å². The Balaban J connectivity index is 3.82. The standard InChI is InChI=1S/C8H14N2O4/c1-8(2,10-5-12)7(13)9-6-14-4-3-11/h3,5H,4,6H2,1-2H3,(H,9,13)(H,10,12). The molecular formula is C8H14N2O4. The number of ether oxygens (including phenoxy) is 1. The highest BCUT2D eigenvalue weighted by atomic mass is 16.5. The summed E-state index contributed by atoms with van der Waals surface area (Å²) in [5.74, 6) is -0.379. The Morgan fingerprint density at radius 3 is 2.57 bits per heavy atom. The molecule has 6 heteroatoms. The fourth-order valence-corrected chi connectivity index (χ4v) is 0.657. The van der Waals surface area contributed by atoms with E-state index >= 15 is 0 Å². The van der Waals surface area contributed by atoms with Crippen molar-refractivity contribution < 1.29 is 19.1 Å². The molecule has 0 bridgehead atoms. The van der Waals surface area contributed by atoms with Crippen LogP contribution >= 0.6 is 0 Å². The van der Waals surface area contributed by atoms with Crippen LogP contribution in [0.25, 0.3) is 0 Å². The fraction of sp³-hybridized carbons (Fsp3) is 0.625. The number of nitrogens with one attached hydrogen (secondary N) is 2. The highest BCUT2D eigenvalue weighted by molar-refractivity contribution is 5.87. The van der Waals surface area contributed by atoms with Gasteiger partial charge in [0.2, 0.25) is 12.3 Å². The predicted molar refractivity (Wildman–Crippen MR) is 48.3 cm³/mol. The van der Waals surface area contributed by atoms with Crippen molar-refractivity contribution in [2.45, 2.75) is 19.4 Å². The van der Waals surface area contributed by atoms with Gasteiger partial charge in [0.1, 0.15) is 25.2 Å². The number of carbonyl (C=O) groups is 3. The molecule has 0 aromatic carbocycles. The van der Waals surface area contributed by atoms with Gasteiger partial charge in [-0.1, -0.05) is 0 Å². The first-order valence-corrected chi connectivity index (χ1v) is 4.05. The molecular weight excluding hydrogens is 188 g/mol. The quantitative estimate of drug-likeness (QED) is 0.308. The van der Waals surface area contributed by atoms with Gasteiger partial charge in [-0.25, -0.2) is 0 Å². The molecule has 0 aliphatic carbocycles. The Hall–Kier alpha value is -1.43. The lowest BCUT2D eigenvalue weighted by molar-refractivity contribution is -0.131. The Bertz CT molecular complexity index is 215. The summed E-state index contributed by atoms with van der Waals surface area (Å²) in [5.41, 5.74) is -0.980. The van der Waals surface area contributed by atoms with Crippen molar-refractivity contribution >= 4 is 18.6 Å². The maximum atomic E-state index is 11.3. The van der Waals surface area contributed by atoms with Crippen LogP contribution in [0.5, 0.6) is 0 Å². The Morgan fingerprint density at radius 2 is 2.07 bits per heavy atom. The van der Waals surface area contributed by atoms with E-state index in [1.807, 2.05) is 0 Å². The molecule has 0 fully saturated rings. The summed E-state index contributed by atoms with van der Waals surface area (Å²) >= 11 is 0. The Kier molecular flexibility index (Phi) is 5.47. The summed E-state index contributed by atoms with van der Waals surface area (Å²) in [6.45, 7) is 2.98. The zero-order valence-corrected chi connectivity index (χ0v) is 8.20. The van der Waals surface area contributed by atoms with Crippen LogP contribution in [0.3, 0.4) is 0 Å². The first-order chi connectivity index (χ1) is 6.54. The van der Waals surface area contributed by atoms with Crippen molar-refractivity contribution in [1.29, 1.82) is 0 Å². The second-order valence-corrected chi connectivity index (χ2v) is 3.07. The smallest absolute Gasteiger partial charge is 0.246 e. The predicted octanol–water partition coefficient (Wildman–Crippen LogP) is -1.20. The minimum atomic E-state index is -0.980. The van der Waals surface area contributed by atoms with E-state index < -0.39 is 5.54 Å². The van der Waals surface area contributed by atoms with E-state index in [2.05, 4.69) is 10.6 Å². The number of hydrogen-bond acceptors (Lipinski definition) is 4. The van der Waals surface area contributed by atoms with Crippen molar-refractivity contribution in [3.05, 3.63) is 0 Å². The van der Waals surface area contributed by atoms with E-state index in [1.165, 1.54) is 0 Å². The van der Waals surface area contributed by atoms with Crippen LogP contribution in [-0.4, -0.2) is 37.5 Å². The zero-order valence-electron chi connectivity index (χ0n) is 8.20. The lowest BCUT2D eigenvalue weighted by Gasteiger charge is -2.22. The van der Waals surface area contributed by atoms with Gasteiger partial charge < -0.3 is 20.2 Å². The molecule has 14 heavy (non-hydrogen) atoms. The minimum Gasteiger partial charge on any atom is -0.354 e. The van der Waals surface area contributed by atoms with Crippen LogP contribution < -0.4 is 10.6 Å². The maximum absolute atomic E-state index is 11.3. The van der Waals surface area contributed by atoms with E-state index in [-0.39, 0.29) is 19.2 Å². The molecule has 0 spiro atoms. The topological polar surface area (TPSA) is 84.5 Å². The molecule has 0 aliphatic rings.